The summed E-state index contributed by atoms with van der Waals surface area (Å²) < 4.78 is 50.0. The molecule has 0 aromatic heterocycles. The van der Waals surface area contributed by atoms with E-state index in [2.05, 4.69) is 0 Å². The van der Waals surface area contributed by atoms with E-state index in [9.17, 15) is 18.0 Å². The van der Waals surface area contributed by atoms with Gasteiger partial charge in [0.25, 0.3) is 0 Å². The number of hydrogen-bond donors (Lipinski definition) is 1. The third-order valence-electron chi connectivity index (χ3n) is 5.41. The van der Waals surface area contributed by atoms with Gasteiger partial charge in [-0.3, -0.25) is 4.79 Å². The molecule has 0 heterocycles. The maximum Gasteiger partial charge on any atom is 0.416 e. The zero-order valence-electron chi connectivity index (χ0n) is 16.6. The molecule has 0 saturated heterocycles. The standard InChI is InChI=1S/C22H24F3NO3/c1-4-13-5-8-17(12(2)20(13)21-16(27)7-10-19(21)28-3)29-18-9-6-14(11-15(18)26)22(23,24)25/h5-6,8-9,11-12,17H,4,7,10,26H2,1-3H3. The van der Waals surface area contributed by atoms with E-state index >= 15 is 0 Å². The van der Waals surface area contributed by atoms with Crippen LogP contribution in [0.25, 0.3) is 0 Å². The molecule has 0 saturated carbocycles. The fourth-order valence-electron chi connectivity index (χ4n) is 3.88. The largest absolute Gasteiger partial charge is 0.500 e. The number of ketones is 1. The van der Waals surface area contributed by atoms with Crippen LogP contribution in [-0.4, -0.2) is 19.0 Å². The summed E-state index contributed by atoms with van der Waals surface area (Å²) in [5, 5.41) is 0. The number of alkyl halides is 3. The normalized spacial score (nSPS) is 22.5. The molecular formula is C22H24F3NO3. The highest BCUT2D eigenvalue weighted by molar-refractivity contribution is 6.03. The first-order valence-corrected chi connectivity index (χ1v) is 9.52. The Hall–Kier alpha value is -2.70. The number of carbonyl (C=O) groups excluding carboxylic acids is 1. The number of ether oxygens (including phenoxy) is 2. The van der Waals surface area contributed by atoms with Crippen molar-refractivity contribution in [1.29, 1.82) is 0 Å². The summed E-state index contributed by atoms with van der Waals surface area (Å²) in [6.45, 7) is 3.94. The number of nitrogen functional groups attached to an aromatic ring is 1. The fourth-order valence-corrected chi connectivity index (χ4v) is 3.88. The highest BCUT2D eigenvalue weighted by Gasteiger charge is 2.36. The van der Waals surface area contributed by atoms with Crippen LogP contribution in [-0.2, 0) is 15.7 Å². The van der Waals surface area contributed by atoms with Crippen molar-refractivity contribution in [3.8, 4) is 5.75 Å². The van der Waals surface area contributed by atoms with Crippen molar-refractivity contribution in [1.82, 2.24) is 0 Å². The highest BCUT2D eigenvalue weighted by atomic mass is 19.4. The smallest absolute Gasteiger partial charge is 0.416 e. The summed E-state index contributed by atoms with van der Waals surface area (Å²) >= 11 is 0. The van der Waals surface area contributed by atoms with E-state index < -0.39 is 17.8 Å². The molecule has 1 aromatic rings. The van der Waals surface area contributed by atoms with Gasteiger partial charge in [0.05, 0.1) is 23.9 Å². The molecule has 2 aliphatic carbocycles. The molecule has 0 radical (unpaired) electrons. The number of allylic oxidation sites excluding steroid dienone is 4. The molecule has 4 nitrogen and oxygen atoms in total. The van der Waals surface area contributed by atoms with Crippen LogP contribution in [0.2, 0.25) is 0 Å². The second kappa shape index (κ2) is 7.97. The lowest BCUT2D eigenvalue weighted by atomic mass is 9.80. The zero-order chi connectivity index (χ0) is 21.3. The third kappa shape index (κ3) is 4.04. The molecular weight excluding hydrogens is 383 g/mol. The van der Waals surface area contributed by atoms with Crippen LogP contribution in [0, 0.1) is 5.92 Å². The van der Waals surface area contributed by atoms with E-state index in [0.29, 0.717) is 24.2 Å². The lowest BCUT2D eigenvalue weighted by Gasteiger charge is -2.31. The van der Waals surface area contributed by atoms with Gasteiger partial charge >= 0.3 is 6.18 Å². The quantitative estimate of drug-likeness (QED) is 0.681. The lowest BCUT2D eigenvalue weighted by molar-refractivity contribution is -0.137. The minimum Gasteiger partial charge on any atom is -0.500 e. The van der Waals surface area contributed by atoms with Gasteiger partial charge in [-0.15, -0.1) is 0 Å². The van der Waals surface area contributed by atoms with Gasteiger partial charge < -0.3 is 15.2 Å². The monoisotopic (exact) mass is 407 g/mol. The topological polar surface area (TPSA) is 61.5 Å². The molecule has 0 spiro atoms. The number of nitrogens with two attached hydrogens (primary N) is 1. The lowest BCUT2D eigenvalue weighted by Crippen LogP contribution is -2.29. The third-order valence-corrected chi connectivity index (χ3v) is 5.41. The molecule has 29 heavy (non-hydrogen) atoms. The van der Waals surface area contributed by atoms with Crippen LogP contribution in [0.4, 0.5) is 18.9 Å². The van der Waals surface area contributed by atoms with Gasteiger partial charge in [-0.2, -0.15) is 13.2 Å². The maximum absolute atomic E-state index is 12.9. The van der Waals surface area contributed by atoms with Crippen molar-refractivity contribution < 1.29 is 27.4 Å². The minimum atomic E-state index is -4.47. The Morgan fingerprint density at radius 2 is 1.97 bits per heavy atom. The SMILES string of the molecule is CCC1=C(C2=C(OC)CCC2=O)C(C)C(Oc2ccc(C(F)(F)F)cc2N)C=C1. The molecule has 0 fully saturated rings. The number of methoxy groups -OCH3 is 1. The molecule has 2 atom stereocenters. The van der Waals surface area contributed by atoms with E-state index in [1.807, 2.05) is 26.0 Å². The molecule has 2 unspecified atom stereocenters. The Morgan fingerprint density at radius 1 is 1.24 bits per heavy atom. The van der Waals surface area contributed by atoms with Gasteiger partial charge in [0.2, 0.25) is 0 Å². The average molecular weight is 407 g/mol. The van der Waals surface area contributed by atoms with Crippen LogP contribution in [0.3, 0.4) is 0 Å². The number of anilines is 1. The molecule has 0 amide bonds. The van der Waals surface area contributed by atoms with Crippen molar-refractivity contribution in [2.24, 2.45) is 5.92 Å². The van der Waals surface area contributed by atoms with Crippen LogP contribution >= 0.6 is 0 Å². The van der Waals surface area contributed by atoms with Gasteiger partial charge in [0.15, 0.2) is 5.78 Å². The van der Waals surface area contributed by atoms with Crippen molar-refractivity contribution in [2.75, 3.05) is 12.8 Å². The molecule has 0 bridgehead atoms. The number of halogens is 3. The average Bonchev–Trinajstić information content (AvgIpc) is 3.04. The van der Waals surface area contributed by atoms with Gasteiger partial charge in [-0.25, -0.2) is 0 Å². The van der Waals surface area contributed by atoms with Crippen LogP contribution in [0.15, 0.2) is 52.8 Å². The predicted molar refractivity (Wildman–Crippen MR) is 104 cm³/mol. The molecule has 2 N–H and O–H groups in total. The van der Waals surface area contributed by atoms with Gasteiger partial charge in [-0.1, -0.05) is 19.9 Å². The zero-order valence-corrected chi connectivity index (χ0v) is 16.6. The van der Waals surface area contributed by atoms with Crippen molar-refractivity contribution >= 4 is 11.5 Å². The van der Waals surface area contributed by atoms with E-state index in [1.165, 1.54) is 6.07 Å². The molecule has 2 aliphatic rings. The first-order valence-electron chi connectivity index (χ1n) is 9.52. The van der Waals surface area contributed by atoms with E-state index in [0.717, 1.165) is 29.7 Å². The Kier molecular flexibility index (Phi) is 5.78. The van der Waals surface area contributed by atoms with E-state index in [1.54, 1.807) is 7.11 Å². The van der Waals surface area contributed by atoms with Crippen molar-refractivity contribution in [2.45, 2.75) is 45.4 Å². The van der Waals surface area contributed by atoms with E-state index in [4.69, 9.17) is 15.2 Å². The minimum absolute atomic E-state index is 0.0396. The second-order valence-electron chi connectivity index (χ2n) is 7.20. The highest BCUT2D eigenvalue weighted by Crippen LogP contribution is 2.41. The van der Waals surface area contributed by atoms with Crippen molar-refractivity contribution in [3.05, 3.63) is 58.4 Å². The number of rotatable bonds is 5. The molecule has 1 aromatic carbocycles. The van der Waals surface area contributed by atoms with Gasteiger partial charge in [-0.05, 0) is 41.8 Å². The number of Topliss-reactive ketones (excluding diaryl/α,β-unsaturated/α-hetero) is 1. The molecule has 156 valence electrons. The summed E-state index contributed by atoms with van der Waals surface area (Å²) in [5.74, 6) is 0.694. The Bertz CT molecular complexity index is 912. The first kappa shape index (κ1) is 21.0. The molecule has 3 rings (SSSR count). The predicted octanol–water partition coefficient (Wildman–Crippen LogP) is 5.21. The number of benzene rings is 1. The van der Waals surface area contributed by atoms with Crippen molar-refractivity contribution in [3.63, 3.8) is 0 Å². The Balaban J connectivity index is 1.92. The van der Waals surface area contributed by atoms with Crippen LogP contribution in [0.1, 0.15) is 38.7 Å². The first-order chi connectivity index (χ1) is 13.7. The summed E-state index contributed by atoms with van der Waals surface area (Å²) in [6, 6.07) is 3.05. The van der Waals surface area contributed by atoms with Gasteiger partial charge in [0, 0.05) is 18.8 Å². The molecule has 0 aliphatic heterocycles. The Morgan fingerprint density at radius 3 is 2.55 bits per heavy atom. The second-order valence-corrected chi connectivity index (χ2v) is 7.20. The summed E-state index contributed by atoms with van der Waals surface area (Å²) in [5.41, 5.74) is 7.42. The molecule has 7 heteroatoms. The van der Waals surface area contributed by atoms with Gasteiger partial charge in [0.1, 0.15) is 17.6 Å². The summed E-state index contributed by atoms with van der Waals surface area (Å²) in [7, 11) is 1.56. The summed E-state index contributed by atoms with van der Waals surface area (Å²) in [6.07, 6.45) is 0.536. The summed E-state index contributed by atoms with van der Waals surface area (Å²) in [4.78, 5) is 12.5. The van der Waals surface area contributed by atoms with Crippen LogP contribution in [0.5, 0.6) is 5.75 Å². The maximum atomic E-state index is 12.9. The number of hydrogen-bond acceptors (Lipinski definition) is 4. The Labute approximate surface area is 167 Å². The van der Waals surface area contributed by atoms with E-state index in [-0.39, 0.29) is 23.1 Å². The number of carbonyl (C=O) groups is 1. The fraction of sp³-hybridized carbons (Fsp3) is 0.409. The van der Waals surface area contributed by atoms with Crippen LogP contribution < -0.4 is 10.5 Å².